The van der Waals surface area contributed by atoms with Crippen molar-refractivity contribution in [1.29, 1.82) is 0 Å². The summed E-state index contributed by atoms with van der Waals surface area (Å²) in [7, 11) is 0. The molecular formula is C20H12Cl2N2O3. The molecule has 0 unspecified atom stereocenters. The van der Waals surface area contributed by atoms with E-state index in [9.17, 15) is 9.59 Å². The van der Waals surface area contributed by atoms with Gasteiger partial charge in [-0.25, -0.2) is 5.01 Å². The number of halogens is 2. The summed E-state index contributed by atoms with van der Waals surface area (Å²) in [6, 6.07) is 17.3. The summed E-state index contributed by atoms with van der Waals surface area (Å²) >= 11 is 12.1. The highest BCUT2D eigenvalue weighted by molar-refractivity contribution is 6.36. The lowest BCUT2D eigenvalue weighted by molar-refractivity contribution is -0.117. The van der Waals surface area contributed by atoms with E-state index in [4.69, 9.17) is 27.6 Å². The van der Waals surface area contributed by atoms with Gasteiger partial charge in [0, 0.05) is 10.6 Å². The topological polar surface area (TPSA) is 62.6 Å². The van der Waals surface area contributed by atoms with Crippen LogP contribution >= 0.6 is 23.2 Å². The quantitative estimate of drug-likeness (QED) is 0.512. The first-order chi connectivity index (χ1) is 13.0. The predicted octanol–water partition coefficient (Wildman–Crippen LogP) is 4.71. The van der Waals surface area contributed by atoms with Crippen molar-refractivity contribution in [2.75, 3.05) is 5.01 Å². The van der Waals surface area contributed by atoms with E-state index in [1.807, 2.05) is 6.07 Å². The van der Waals surface area contributed by atoms with Crippen LogP contribution in [0.3, 0.4) is 0 Å². The molecule has 4 rings (SSSR count). The van der Waals surface area contributed by atoms with Crippen molar-refractivity contribution in [2.24, 2.45) is 0 Å². The minimum absolute atomic E-state index is 0.0121. The van der Waals surface area contributed by atoms with Crippen LogP contribution in [0.1, 0.15) is 5.76 Å². The second kappa shape index (κ2) is 6.95. The van der Waals surface area contributed by atoms with Crippen molar-refractivity contribution in [1.82, 2.24) is 5.43 Å². The third-order valence-electron chi connectivity index (χ3n) is 4.02. The second-order valence-corrected chi connectivity index (χ2v) is 6.64. The van der Waals surface area contributed by atoms with Crippen LogP contribution < -0.4 is 10.4 Å². The second-order valence-electron chi connectivity index (χ2n) is 5.80. The smallest absolute Gasteiger partial charge is 0.282 e. The molecule has 5 nitrogen and oxygen atoms in total. The highest BCUT2D eigenvalue weighted by Crippen LogP contribution is 2.32. The Bertz CT molecular complexity index is 1070. The fourth-order valence-electron chi connectivity index (χ4n) is 2.72. The van der Waals surface area contributed by atoms with E-state index in [1.165, 1.54) is 11.1 Å². The molecule has 7 heteroatoms. The van der Waals surface area contributed by atoms with Crippen molar-refractivity contribution >= 4 is 46.8 Å². The Morgan fingerprint density at radius 2 is 1.74 bits per heavy atom. The molecule has 1 aliphatic rings. The predicted molar refractivity (Wildman–Crippen MR) is 104 cm³/mol. The molecule has 2 heterocycles. The molecule has 2 amide bonds. The van der Waals surface area contributed by atoms with Crippen LogP contribution in [0.15, 0.2) is 70.7 Å². The lowest BCUT2D eigenvalue weighted by Gasteiger charge is -2.13. The number of rotatable bonds is 3. The molecular weight excluding hydrogens is 387 g/mol. The molecule has 0 atom stereocenters. The zero-order valence-electron chi connectivity index (χ0n) is 13.8. The molecule has 134 valence electrons. The average Bonchev–Trinajstić information content (AvgIpc) is 3.22. The monoisotopic (exact) mass is 398 g/mol. The van der Waals surface area contributed by atoms with Gasteiger partial charge in [0.1, 0.15) is 17.1 Å². The van der Waals surface area contributed by atoms with Crippen LogP contribution in [-0.4, -0.2) is 11.8 Å². The Morgan fingerprint density at radius 1 is 0.963 bits per heavy atom. The van der Waals surface area contributed by atoms with Gasteiger partial charge in [-0.1, -0.05) is 41.4 Å². The third-order valence-corrected chi connectivity index (χ3v) is 4.56. The van der Waals surface area contributed by atoms with Gasteiger partial charge in [0.25, 0.3) is 11.8 Å². The number of hydrogen-bond acceptors (Lipinski definition) is 3. The molecule has 0 saturated carbocycles. The SMILES string of the molecule is O=C1NN(c2ccccc2)C(=O)/C1=C\c1ccc(-c2ccc(Cl)cc2Cl)o1. The van der Waals surface area contributed by atoms with Crippen molar-refractivity contribution < 1.29 is 14.0 Å². The minimum Gasteiger partial charge on any atom is -0.457 e. The third kappa shape index (κ3) is 3.35. The van der Waals surface area contributed by atoms with Crippen molar-refractivity contribution in [3.8, 4) is 11.3 Å². The zero-order chi connectivity index (χ0) is 19.0. The first kappa shape index (κ1) is 17.4. The maximum Gasteiger partial charge on any atom is 0.282 e. The number of carbonyl (C=O) groups is 2. The van der Waals surface area contributed by atoms with Gasteiger partial charge < -0.3 is 4.42 Å². The Labute approximate surface area is 164 Å². The fourth-order valence-corrected chi connectivity index (χ4v) is 3.22. The van der Waals surface area contributed by atoms with E-state index in [2.05, 4.69) is 5.43 Å². The molecule has 2 aromatic carbocycles. The molecule has 0 radical (unpaired) electrons. The Balaban J connectivity index is 1.63. The maximum absolute atomic E-state index is 12.6. The molecule has 0 spiro atoms. The van der Waals surface area contributed by atoms with E-state index in [1.54, 1.807) is 54.6 Å². The van der Waals surface area contributed by atoms with E-state index in [0.29, 0.717) is 32.8 Å². The lowest BCUT2D eigenvalue weighted by Crippen LogP contribution is -2.35. The lowest BCUT2D eigenvalue weighted by atomic mass is 10.2. The average molecular weight is 399 g/mol. The summed E-state index contributed by atoms with van der Waals surface area (Å²) in [5, 5.41) is 2.17. The van der Waals surface area contributed by atoms with Crippen LogP contribution in [0.25, 0.3) is 17.4 Å². The molecule has 1 saturated heterocycles. The number of anilines is 1. The van der Waals surface area contributed by atoms with Crippen LogP contribution in [0.5, 0.6) is 0 Å². The fraction of sp³-hybridized carbons (Fsp3) is 0. The highest BCUT2D eigenvalue weighted by Gasteiger charge is 2.34. The van der Waals surface area contributed by atoms with Gasteiger partial charge in [-0.15, -0.1) is 0 Å². The normalized spacial score (nSPS) is 15.5. The number of nitrogens with one attached hydrogen (secondary N) is 1. The van der Waals surface area contributed by atoms with Gasteiger partial charge >= 0.3 is 0 Å². The Hall–Kier alpha value is -3.02. The summed E-state index contributed by atoms with van der Waals surface area (Å²) in [6.45, 7) is 0. The van der Waals surface area contributed by atoms with Gasteiger partial charge in [0.05, 0.1) is 10.7 Å². The molecule has 1 aliphatic heterocycles. The molecule has 0 aliphatic carbocycles. The summed E-state index contributed by atoms with van der Waals surface area (Å²) in [4.78, 5) is 24.8. The van der Waals surface area contributed by atoms with E-state index < -0.39 is 11.8 Å². The molecule has 3 aromatic rings. The Morgan fingerprint density at radius 3 is 2.48 bits per heavy atom. The van der Waals surface area contributed by atoms with Crippen molar-refractivity contribution in [2.45, 2.75) is 0 Å². The minimum atomic E-state index is -0.494. The summed E-state index contributed by atoms with van der Waals surface area (Å²) in [5.74, 6) is -0.0706. The van der Waals surface area contributed by atoms with Crippen LogP contribution in [0.2, 0.25) is 10.0 Å². The van der Waals surface area contributed by atoms with Gasteiger partial charge in [-0.05, 0) is 48.5 Å². The van der Waals surface area contributed by atoms with Gasteiger partial charge in [-0.3, -0.25) is 15.0 Å². The van der Waals surface area contributed by atoms with Crippen LogP contribution in [-0.2, 0) is 9.59 Å². The standard InChI is InChI=1S/C20H12Cl2N2O3/c21-12-6-8-15(17(22)10-12)18-9-7-14(27-18)11-16-19(25)23-24(20(16)26)13-4-2-1-3-5-13/h1-11H,(H,23,25)/b16-11-. The zero-order valence-corrected chi connectivity index (χ0v) is 15.3. The number of hydrazine groups is 1. The molecule has 1 N–H and O–H groups in total. The van der Waals surface area contributed by atoms with Crippen LogP contribution in [0, 0.1) is 0 Å². The number of hydrogen-bond donors (Lipinski definition) is 1. The number of para-hydroxylation sites is 1. The van der Waals surface area contributed by atoms with E-state index >= 15 is 0 Å². The molecule has 27 heavy (non-hydrogen) atoms. The number of amides is 2. The molecule has 0 bridgehead atoms. The first-order valence-corrected chi connectivity index (χ1v) is 8.76. The summed E-state index contributed by atoms with van der Waals surface area (Å²) in [6.07, 6.45) is 1.41. The summed E-state index contributed by atoms with van der Waals surface area (Å²) in [5.41, 5.74) is 3.77. The first-order valence-electron chi connectivity index (χ1n) is 8.00. The van der Waals surface area contributed by atoms with Crippen LogP contribution in [0.4, 0.5) is 5.69 Å². The summed E-state index contributed by atoms with van der Waals surface area (Å²) < 4.78 is 5.74. The maximum atomic E-state index is 12.6. The van der Waals surface area contributed by atoms with E-state index in [0.717, 1.165) is 0 Å². The van der Waals surface area contributed by atoms with Gasteiger partial charge in [-0.2, -0.15) is 0 Å². The number of furan rings is 1. The van der Waals surface area contributed by atoms with Gasteiger partial charge in [0.2, 0.25) is 0 Å². The molecule has 1 aromatic heterocycles. The van der Waals surface area contributed by atoms with E-state index in [-0.39, 0.29) is 5.57 Å². The largest absolute Gasteiger partial charge is 0.457 e. The highest BCUT2D eigenvalue weighted by atomic mass is 35.5. The number of carbonyl (C=O) groups excluding carboxylic acids is 2. The van der Waals surface area contributed by atoms with Crippen molar-refractivity contribution in [3.63, 3.8) is 0 Å². The van der Waals surface area contributed by atoms with Crippen molar-refractivity contribution in [3.05, 3.63) is 82.0 Å². The number of nitrogens with zero attached hydrogens (tertiary/aromatic N) is 1. The Kier molecular flexibility index (Phi) is 4.48. The van der Waals surface area contributed by atoms with Gasteiger partial charge in [0.15, 0.2) is 0 Å². The molecule has 1 fully saturated rings. The number of benzene rings is 2.